The van der Waals surface area contributed by atoms with E-state index in [4.69, 9.17) is 4.74 Å². The lowest BCUT2D eigenvalue weighted by molar-refractivity contribution is 0.0958. The Balaban J connectivity index is 1.45. The maximum absolute atomic E-state index is 13.6. The molecule has 0 bridgehead atoms. The van der Waals surface area contributed by atoms with E-state index in [1.54, 1.807) is 7.11 Å². The Morgan fingerprint density at radius 3 is 2.15 bits per heavy atom. The highest BCUT2D eigenvalue weighted by Gasteiger charge is 2.30. The van der Waals surface area contributed by atoms with Crippen molar-refractivity contribution >= 4 is 11.6 Å². The Hall–Kier alpha value is -3.11. The van der Waals surface area contributed by atoms with Gasteiger partial charge in [0.2, 0.25) is 0 Å². The normalized spacial score (nSPS) is 14.9. The van der Waals surface area contributed by atoms with Crippen LogP contribution in [-0.2, 0) is 6.54 Å². The molecule has 1 aliphatic heterocycles. The monoisotopic (exact) mass is 442 g/mol. The molecule has 0 spiro atoms. The van der Waals surface area contributed by atoms with E-state index in [1.807, 2.05) is 59.5 Å². The Bertz CT molecular complexity index is 1020. The fourth-order valence-electron chi connectivity index (χ4n) is 4.56. The minimum atomic E-state index is 0.0478. The van der Waals surface area contributed by atoms with E-state index < -0.39 is 0 Å². The molecule has 0 aliphatic carbocycles. The first-order chi connectivity index (χ1) is 16.0. The Morgan fingerprint density at radius 1 is 0.939 bits per heavy atom. The predicted molar refractivity (Wildman–Crippen MR) is 135 cm³/mol. The minimum absolute atomic E-state index is 0.0478. The van der Waals surface area contributed by atoms with Gasteiger partial charge in [-0.25, -0.2) is 0 Å². The molecule has 1 aliphatic rings. The summed E-state index contributed by atoms with van der Waals surface area (Å²) in [5.74, 6) is 1.36. The second kappa shape index (κ2) is 10.7. The lowest BCUT2D eigenvalue weighted by atomic mass is 9.99. The van der Waals surface area contributed by atoms with Crippen molar-refractivity contribution in [3.63, 3.8) is 0 Å². The Kier molecular flexibility index (Phi) is 7.46. The van der Waals surface area contributed by atoms with Gasteiger partial charge in [0.1, 0.15) is 5.75 Å². The third-order valence-corrected chi connectivity index (χ3v) is 6.56. The van der Waals surface area contributed by atoms with Gasteiger partial charge in [0.15, 0.2) is 0 Å². The molecule has 33 heavy (non-hydrogen) atoms. The standard InChI is InChI=1S/C29H34N2O2/c1-22(2)24-11-9-23(10-12-24)21-30-19-17-27(18-20-30)31(26-7-5-4-6-8-26)29(32)25-13-15-28(33-3)16-14-25/h4-16,22,27H,17-21H2,1-3H3. The summed E-state index contributed by atoms with van der Waals surface area (Å²) in [6.07, 6.45) is 1.92. The van der Waals surface area contributed by atoms with Crippen LogP contribution in [0, 0.1) is 0 Å². The number of hydrogen-bond acceptors (Lipinski definition) is 3. The molecule has 4 heteroatoms. The number of piperidine rings is 1. The molecule has 1 amide bonds. The number of amides is 1. The van der Waals surface area contributed by atoms with Crippen molar-refractivity contribution in [2.24, 2.45) is 0 Å². The van der Waals surface area contributed by atoms with Crippen LogP contribution in [0.3, 0.4) is 0 Å². The Labute approximate surface area is 197 Å². The van der Waals surface area contributed by atoms with E-state index in [1.165, 1.54) is 11.1 Å². The number of likely N-dealkylation sites (tertiary alicyclic amines) is 1. The summed E-state index contributed by atoms with van der Waals surface area (Å²) >= 11 is 0. The van der Waals surface area contributed by atoms with Crippen molar-refractivity contribution in [3.8, 4) is 5.75 Å². The van der Waals surface area contributed by atoms with Gasteiger partial charge in [-0.15, -0.1) is 0 Å². The molecule has 172 valence electrons. The number of hydrogen-bond donors (Lipinski definition) is 0. The number of carbonyl (C=O) groups excluding carboxylic acids is 1. The van der Waals surface area contributed by atoms with E-state index in [-0.39, 0.29) is 11.9 Å². The van der Waals surface area contributed by atoms with Crippen molar-refractivity contribution in [1.82, 2.24) is 4.90 Å². The highest BCUT2D eigenvalue weighted by molar-refractivity contribution is 6.06. The predicted octanol–water partition coefficient (Wildman–Crippen LogP) is 6.13. The maximum Gasteiger partial charge on any atom is 0.258 e. The Morgan fingerprint density at radius 2 is 1.58 bits per heavy atom. The molecule has 0 unspecified atom stereocenters. The summed E-state index contributed by atoms with van der Waals surface area (Å²) in [6.45, 7) is 7.38. The molecule has 4 rings (SSSR count). The third kappa shape index (κ3) is 5.63. The summed E-state index contributed by atoms with van der Waals surface area (Å²) in [6, 6.07) is 26.7. The molecule has 3 aromatic carbocycles. The molecule has 3 aromatic rings. The summed E-state index contributed by atoms with van der Waals surface area (Å²) in [7, 11) is 1.64. The van der Waals surface area contributed by atoms with Gasteiger partial charge in [-0.05, 0) is 66.3 Å². The number of rotatable bonds is 7. The van der Waals surface area contributed by atoms with Crippen molar-refractivity contribution in [2.45, 2.75) is 45.2 Å². The number of para-hydroxylation sites is 1. The zero-order valence-corrected chi connectivity index (χ0v) is 19.9. The largest absolute Gasteiger partial charge is 0.497 e. The summed E-state index contributed by atoms with van der Waals surface area (Å²) in [5.41, 5.74) is 4.38. The summed E-state index contributed by atoms with van der Waals surface area (Å²) in [5, 5.41) is 0. The first kappa shape index (κ1) is 23.1. The van der Waals surface area contributed by atoms with Crippen LogP contribution in [-0.4, -0.2) is 37.0 Å². The lowest BCUT2D eigenvalue weighted by Gasteiger charge is -2.38. The molecule has 4 nitrogen and oxygen atoms in total. The lowest BCUT2D eigenvalue weighted by Crippen LogP contribution is -2.47. The molecule has 1 heterocycles. The van der Waals surface area contributed by atoms with Crippen molar-refractivity contribution in [1.29, 1.82) is 0 Å². The molecule has 1 fully saturated rings. The van der Waals surface area contributed by atoms with Gasteiger partial charge < -0.3 is 9.64 Å². The zero-order chi connectivity index (χ0) is 23.2. The van der Waals surface area contributed by atoms with Crippen LogP contribution in [0.15, 0.2) is 78.9 Å². The van der Waals surface area contributed by atoms with Crippen LogP contribution in [0.5, 0.6) is 5.75 Å². The van der Waals surface area contributed by atoms with Gasteiger partial charge in [-0.2, -0.15) is 0 Å². The molecule has 0 radical (unpaired) electrons. The number of anilines is 1. The van der Waals surface area contributed by atoms with E-state index >= 15 is 0 Å². The second-order valence-corrected chi connectivity index (χ2v) is 9.14. The van der Waals surface area contributed by atoms with Gasteiger partial charge in [-0.3, -0.25) is 9.69 Å². The summed E-state index contributed by atoms with van der Waals surface area (Å²) in [4.78, 5) is 18.1. The quantitative estimate of drug-likeness (QED) is 0.441. The van der Waals surface area contributed by atoms with E-state index in [0.29, 0.717) is 11.5 Å². The molecular formula is C29H34N2O2. The molecule has 1 saturated heterocycles. The topological polar surface area (TPSA) is 32.8 Å². The van der Waals surface area contributed by atoms with Crippen LogP contribution >= 0.6 is 0 Å². The van der Waals surface area contributed by atoms with Crippen LogP contribution < -0.4 is 9.64 Å². The number of carbonyl (C=O) groups is 1. The smallest absolute Gasteiger partial charge is 0.258 e. The first-order valence-electron chi connectivity index (χ1n) is 11.9. The van der Waals surface area contributed by atoms with E-state index in [0.717, 1.165) is 43.9 Å². The minimum Gasteiger partial charge on any atom is -0.497 e. The van der Waals surface area contributed by atoms with Crippen LogP contribution in [0.1, 0.15) is 54.1 Å². The van der Waals surface area contributed by atoms with Crippen molar-refractivity contribution in [3.05, 3.63) is 95.6 Å². The first-order valence-corrected chi connectivity index (χ1v) is 11.9. The van der Waals surface area contributed by atoms with Gasteiger partial charge in [0, 0.05) is 36.9 Å². The SMILES string of the molecule is COc1ccc(C(=O)N(c2ccccc2)C2CCN(Cc3ccc(C(C)C)cc3)CC2)cc1. The highest BCUT2D eigenvalue weighted by atomic mass is 16.5. The fourth-order valence-corrected chi connectivity index (χ4v) is 4.56. The number of methoxy groups -OCH3 is 1. The second-order valence-electron chi connectivity index (χ2n) is 9.14. The fraction of sp³-hybridized carbons (Fsp3) is 0.345. The molecule has 0 aromatic heterocycles. The van der Waals surface area contributed by atoms with Crippen LogP contribution in [0.25, 0.3) is 0 Å². The number of ether oxygens (including phenoxy) is 1. The van der Waals surface area contributed by atoms with E-state index in [9.17, 15) is 4.79 Å². The highest BCUT2D eigenvalue weighted by Crippen LogP contribution is 2.27. The van der Waals surface area contributed by atoms with Gasteiger partial charge in [0.05, 0.1) is 7.11 Å². The summed E-state index contributed by atoms with van der Waals surface area (Å²) < 4.78 is 5.26. The molecule has 0 saturated carbocycles. The average molecular weight is 443 g/mol. The number of nitrogens with zero attached hydrogens (tertiary/aromatic N) is 2. The maximum atomic E-state index is 13.6. The molecule has 0 N–H and O–H groups in total. The zero-order valence-electron chi connectivity index (χ0n) is 19.9. The van der Waals surface area contributed by atoms with Gasteiger partial charge in [0.25, 0.3) is 5.91 Å². The van der Waals surface area contributed by atoms with Crippen LogP contribution in [0.4, 0.5) is 5.69 Å². The third-order valence-electron chi connectivity index (χ3n) is 6.56. The van der Waals surface area contributed by atoms with Crippen molar-refractivity contribution in [2.75, 3.05) is 25.1 Å². The average Bonchev–Trinajstić information content (AvgIpc) is 2.86. The van der Waals surface area contributed by atoms with Crippen LogP contribution in [0.2, 0.25) is 0 Å². The molecular weight excluding hydrogens is 408 g/mol. The van der Waals surface area contributed by atoms with Gasteiger partial charge >= 0.3 is 0 Å². The van der Waals surface area contributed by atoms with Crippen molar-refractivity contribution < 1.29 is 9.53 Å². The van der Waals surface area contributed by atoms with E-state index in [2.05, 4.69) is 43.0 Å². The number of benzene rings is 3. The van der Waals surface area contributed by atoms with Gasteiger partial charge in [-0.1, -0.05) is 56.3 Å². The molecule has 0 atom stereocenters.